The van der Waals surface area contributed by atoms with Gasteiger partial charge >= 0.3 is 5.97 Å². The van der Waals surface area contributed by atoms with Crippen molar-refractivity contribution in [3.8, 4) is 0 Å². The van der Waals surface area contributed by atoms with E-state index in [4.69, 9.17) is 21.4 Å². The molecule has 0 amide bonds. The maximum Gasteiger partial charge on any atom is 0.329 e. The second-order valence-electron chi connectivity index (χ2n) is 6.99. The molecule has 1 aliphatic rings. The second kappa shape index (κ2) is 12.0. The number of piperidine rings is 1. The summed E-state index contributed by atoms with van der Waals surface area (Å²) in [5.74, 6) is -0.803. The fourth-order valence-corrected chi connectivity index (χ4v) is 3.53. The molecule has 2 rings (SSSR count). The lowest BCUT2D eigenvalue weighted by Crippen LogP contribution is -2.45. The van der Waals surface area contributed by atoms with Crippen molar-refractivity contribution >= 4 is 23.4 Å². The number of aliphatic hydroxyl groups excluding tert-OH is 1. The van der Waals surface area contributed by atoms with Crippen LogP contribution in [0.1, 0.15) is 31.2 Å². The van der Waals surface area contributed by atoms with E-state index in [-0.39, 0.29) is 18.4 Å². The molecular weight excluding hydrogens is 382 g/mol. The molecule has 0 spiro atoms. The summed E-state index contributed by atoms with van der Waals surface area (Å²) < 4.78 is 5.03. The summed E-state index contributed by atoms with van der Waals surface area (Å²) >= 11 is 5.97. The smallest absolute Gasteiger partial charge is 0.329 e. The van der Waals surface area contributed by atoms with E-state index in [0.29, 0.717) is 24.5 Å². The Kier molecular flexibility index (Phi) is 9.64. The van der Waals surface area contributed by atoms with Crippen molar-refractivity contribution in [1.29, 1.82) is 0 Å². The van der Waals surface area contributed by atoms with Crippen LogP contribution in [0.3, 0.4) is 0 Å². The monoisotopic (exact) mass is 409 g/mol. The van der Waals surface area contributed by atoms with Gasteiger partial charge in [-0.1, -0.05) is 35.9 Å². The normalized spacial score (nSPS) is 19.2. The van der Waals surface area contributed by atoms with Gasteiger partial charge in [0.2, 0.25) is 0 Å². The molecule has 1 unspecified atom stereocenters. The quantitative estimate of drug-likeness (QED) is 0.431. The van der Waals surface area contributed by atoms with Gasteiger partial charge in [0.05, 0.1) is 12.1 Å². The molecule has 0 aliphatic carbocycles. The summed E-state index contributed by atoms with van der Waals surface area (Å²) in [6, 6.07) is 7.05. The predicted molar refractivity (Wildman–Crippen MR) is 108 cm³/mol. The molecule has 154 valence electrons. The van der Waals surface area contributed by atoms with Crippen molar-refractivity contribution < 1.29 is 24.5 Å². The number of carbonyl (C=O) groups excluding carboxylic acids is 1. The van der Waals surface area contributed by atoms with E-state index in [2.05, 4.69) is 4.90 Å². The highest BCUT2D eigenvalue weighted by atomic mass is 35.5. The molecule has 1 aliphatic heterocycles. The molecule has 7 heteroatoms. The van der Waals surface area contributed by atoms with Gasteiger partial charge in [-0.15, -0.1) is 0 Å². The molecule has 2 atom stereocenters. The van der Waals surface area contributed by atoms with Crippen LogP contribution in [-0.2, 0) is 20.7 Å². The van der Waals surface area contributed by atoms with Crippen LogP contribution in [0, 0.1) is 0 Å². The minimum atomic E-state index is -0.969. The molecule has 28 heavy (non-hydrogen) atoms. The van der Waals surface area contributed by atoms with Gasteiger partial charge in [0.1, 0.15) is 6.61 Å². The summed E-state index contributed by atoms with van der Waals surface area (Å²) in [5, 5.41) is 19.5. The van der Waals surface area contributed by atoms with Gasteiger partial charge < -0.3 is 14.9 Å². The number of unbranched alkanes of at least 4 members (excludes halogenated alkanes) is 1. The van der Waals surface area contributed by atoms with Crippen LogP contribution in [0.5, 0.6) is 0 Å². The van der Waals surface area contributed by atoms with Crippen LogP contribution >= 0.6 is 11.6 Å². The first-order valence-corrected chi connectivity index (χ1v) is 10.0. The van der Waals surface area contributed by atoms with Gasteiger partial charge in [-0.2, -0.15) is 0 Å². The molecule has 6 nitrogen and oxygen atoms in total. The molecule has 1 fully saturated rings. The van der Waals surface area contributed by atoms with Gasteiger partial charge in [0, 0.05) is 24.5 Å². The summed E-state index contributed by atoms with van der Waals surface area (Å²) in [4.78, 5) is 24.9. The van der Waals surface area contributed by atoms with Crippen LogP contribution in [0.25, 0.3) is 0 Å². The minimum Gasteiger partial charge on any atom is -0.480 e. The Morgan fingerprint density at radius 1 is 1.39 bits per heavy atom. The first kappa shape index (κ1) is 22.6. The Balaban J connectivity index is 1.82. The standard InChI is InChI=1S/C21H28ClNO5/c22-17-6-3-5-16(13-17)14-18(24)8-9-19-20(25)7-4-11-23(19)10-1-2-12-28-15-21(26)27/h3,5-6,8-9,13,18-19,24H,1-2,4,7,10-12,14-15H2,(H,26,27)/b9-8+/t18-,19?/m0/s1. The highest BCUT2D eigenvalue weighted by molar-refractivity contribution is 6.30. The zero-order chi connectivity index (χ0) is 20.4. The number of halogens is 1. The van der Waals surface area contributed by atoms with E-state index in [9.17, 15) is 14.7 Å². The van der Waals surface area contributed by atoms with Crippen molar-refractivity contribution in [2.75, 3.05) is 26.3 Å². The zero-order valence-corrected chi connectivity index (χ0v) is 16.7. The first-order valence-electron chi connectivity index (χ1n) is 9.63. The molecule has 0 bridgehead atoms. The number of aliphatic hydroxyl groups is 1. The molecule has 1 heterocycles. The number of carboxylic acid groups (broad SMARTS) is 1. The van der Waals surface area contributed by atoms with Crippen LogP contribution < -0.4 is 0 Å². The van der Waals surface area contributed by atoms with Crippen molar-refractivity contribution in [2.45, 2.75) is 44.2 Å². The number of hydrogen-bond acceptors (Lipinski definition) is 5. The molecule has 0 saturated carbocycles. The van der Waals surface area contributed by atoms with Crippen LogP contribution in [-0.4, -0.2) is 65.3 Å². The number of carbonyl (C=O) groups is 2. The fourth-order valence-electron chi connectivity index (χ4n) is 3.31. The van der Waals surface area contributed by atoms with Crippen molar-refractivity contribution in [1.82, 2.24) is 4.90 Å². The van der Waals surface area contributed by atoms with Gasteiger partial charge in [-0.05, 0) is 50.0 Å². The Bertz CT molecular complexity index is 679. The van der Waals surface area contributed by atoms with Crippen LogP contribution in [0.15, 0.2) is 36.4 Å². The first-order chi connectivity index (χ1) is 13.5. The highest BCUT2D eigenvalue weighted by Crippen LogP contribution is 2.17. The van der Waals surface area contributed by atoms with Gasteiger partial charge in [0.25, 0.3) is 0 Å². The lowest BCUT2D eigenvalue weighted by atomic mass is 9.98. The summed E-state index contributed by atoms with van der Waals surface area (Å²) in [6.45, 7) is 1.69. The van der Waals surface area contributed by atoms with Gasteiger partial charge in [-0.25, -0.2) is 4.79 Å². The van der Waals surface area contributed by atoms with E-state index >= 15 is 0 Å². The van der Waals surface area contributed by atoms with E-state index in [0.717, 1.165) is 37.9 Å². The van der Waals surface area contributed by atoms with Gasteiger partial charge in [0.15, 0.2) is 5.78 Å². The molecule has 1 aromatic carbocycles. The number of Topliss-reactive ketones (excluding diaryl/α,β-unsaturated/α-hetero) is 1. The van der Waals surface area contributed by atoms with Crippen molar-refractivity contribution in [3.05, 3.63) is 47.0 Å². The maximum absolute atomic E-state index is 12.3. The number of ketones is 1. The third-order valence-electron chi connectivity index (χ3n) is 4.65. The number of aliphatic carboxylic acids is 1. The fraction of sp³-hybridized carbons (Fsp3) is 0.524. The van der Waals surface area contributed by atoms with E-state index in [1.165, 1.54) is 0 Å². The Hall–Kier alpha value is -1.73. The number of nitrogens with zero attached hydrogens (tertiary/aromatic N) is 1. The molecule has 1 saturated heterocycles. The number of likely N-dealkylation sites (tertiary alicyclic amines) is 1. The van der Waals surface area contributed by atoms with Crippen molar-refractivity contribution in [2.24, 2.45) is 0 Å². The molecule has 1 aromatic rings. The van der Waals surface area contributed by atoms with E-state index in [1.54, 1.807) is 18.2 Å². The largest absolute Gasteiger partial charge is 0.480 e. The number of hydrogen-bond donors (Lipinski definition) is 2. The minimum absolute atomic E-state index is 0.166. The average molecular weight is 410 g/mol. The summed E-state index contributed by atoms with van der Waals surface area (Å²) in [5.41, 5.74) is 0.942. The third-order valence-corrected chi connectivity index (χ3v) is 4.89. The number of rotatable bonds is 11. The number of carboxylic acids is 1. The van der Waals surface area contributed by atoms with E-state index in [1.807, 2.05) is 18.2 Å². The summed E-state index contributed by atoms with van der Waals surface area (Å²) in [7, 11) is 0. The average Bonchev–Trinajstić information content (AvgIpc) is 2.63. The Labute approximate surface area is 170 Å². The second-order valence-corrected chi connectivity index (χ2v) is 7.43. The lowest BCUT2D eigenvalue weighted by molar-refractivity contribution is -0.142. The van der Waals surface area contributed by atoms with Crippen LogP contribution in [0.2, 0.25) is 5.02 Å². The SMILES string of the molecule is O=C(O)COCCCCN1CCCC(=O)C1/C=C/[C@H](O)Cc1cccc(Cl)c1. The third kappa shape index (κ3) is 8.10. The predicted octanol–water partition coefficient (Wildman–Crippen LogP) is 2.71. The number of benzene rings is 1. The highest BCUT2D eigenvalue weighted by Gasteiger charge is 2.27. The lowest BCUT2D eigenvalue weighted by Gasteiger charge is -2.33. The van der Waals surface area contributed by atoms with Crippen molar-refractivity contribution in [3.63, 3.8) is 0 Å². The van der Waals surface area contributed by atoms with Gasteiger partial charge in [-0.3, -0.25) is 9.69 Å². The maximum atomic E-state index is 12.3. The zero-order valence-electron chi connectivity index (χ0n) is 15.9. The Morgan fingerprint density at radius 3 is 2.96 bits per heavy atom. The molecule has 0 radical (unpaired) electrons. The number of ether oxygens (including phenoxy) is 1. The molecular formula is C21H28ClNO5. The Morgan fingerprint density at radius 2 is 2.21 bits per heavy atom. The topological polar surface area (TPSA) is 87.1 Å². The van der Waals surface area contributed by atoms with E-state index < -0.39 is 12.1 Å². The summed E-state index contributed by atoms with van der Waals surface area (Å²) in [6.07, 6.45) is 6.21. The molecule has 2 N–H and O–H groups in total. The molecule has 0 aromatic heterocycles. The van der Waals surface area contributed by atoms with Crippen LogP contribution in [0.4, 0.5) is 0 Å².